The number of aliphatic hydroxyl groups is 1. The minimum absolute atomic E-state index is 0.0453. The maximum atomic E-state index is 11.2. The molecule has 0 spiro atoms. The summed E-state index contributed by atoms with van der Waals surface area (Å²) in [5, 5.41) is 9.66. The van der Waals surface area contributed by atoms with Crippen LogP contribution in [-0.2, 0) is 4.79 Å². The Morgan fingerprint density at radius 1 is 1.69 bits per heavy atom. The fourth-order valence-corrected chi connectivity index (χ4v) is 1.20. The van der Waals surface area contributed by atoms with Crippen LogP contribution < -0.4 is 0 Å². The second kappa shape index (κ2) is 4.23. The van der Waals surface area contributed by atoms with E-state index in [1.54, 1.807) is 26.0 Å². The molecule has 1 aromatic heterocycles. The quantitative estimate of drug-likeness (QED) is 0.774. The Kier molecular flexibility index (Phi) is 3.25. The van der Waals surface area contributed by atoms with Crippen LogP contribution in [0.25, 0.3) is 0 Å². The first-order valence-corrected chi connectivity index (χ1v) is 4.41. The zero-order chi connectivity index (χ0) is 9.84. The van der Waals surface area contributed by atoms with Crippen molar-refractivity contribution in [2.24, 2.45) is 5.92 Å². The molecule has 0 aliphatic heterocycles. The molecule has 3 nitrogen and oxygen atoms in total. The Bertz CT molecular complexity index is 264. The molecule has 1 heterocycles. The molecule has 1 rings (SSSR count). The predicted octanol–water partition coefficient (Wildman–Crippen LogP) is 1.93. The monoisotopic (exact) mass is 182 g/mol. The molecule has 0 fully saturated rings. The van der Waals surface area contributed by atoms with Crippen LogP contribution in [0.1, 0.15) is 32.1 Å². The van der Waals surface area contributed by atoms with E-state index in [1.807, 2.05) is 0 Å². The molecule has 0 bridgehead atoms. The third kappa shape index (κ3) is 2.18. The molecular weight excluding hydrogens is 168 g/mol. The van der Waals surface area contributed by atoms with Gasteiger partial charge in [-0.25, -0.2) is 0 Å². The van der Waals surface area contributed by atoms with E-state index in [1.165, 1.54) is 6.26 Å². The van der Waals surface area contributed by atoms with Gasteiger partial charge in [0.05, 0.1) is 6.26 Å². The molecular formula is C10H14O3. The summed E-state index contributed by atoms with van der Waals surface area (Å²) in [6, 6.07) is 3.37. The maximum absolute atomic E-state index is 11.2. The number of rotatable bonds is 4. The Balaban J connectivity index is 2.68. The molecule has 1 aromatic rings. The highest BCUT2D eigenvalue weighted by molar-refractivity contribution is 5.80. The lowest BCUT2D eigenvalue weighted by molar-refractivity contribution is -0.125. The van der Waals surface area contributed by atoms with Crippen molar-refractivity contribution >= 4 is 5.78 Å². The van der Waals surface area contributed by atoms with E-state index in [0.29, 0.717) is 12.2 Å². The van der Waals surface area contributed by atoms with Gasteiger partial charge in [-0.3, -0.25) is 4.79 Å². The largest absolute Gasteiger partial charge is 0.467 e. The van der Waals surface area contributed by atoms with Crippen LogP contribution in [0, 0.1) is 5.92 Å². The summed E-state index contributed by atoms with van der Waals surface area (Å²) in [5.74, 6) is 0.106. The summed E-state index contributed by atoms with van der Waals surface area (Å²) < 4.78 is 5.01. The number of aliphatic hydroxyl groups excluding tert-OH is 1. The van der Waals surface area contributed by atoms with Crippen molar-refractivity contribution in [2.75, 3.05) is 0 Å². The van der Waals surface area contributed by atoms with Gasteiger partial charge in [0.2, 0.25) is 0 Å². The highest BCUT2D eigenvalue weighted by Gasteiger charge is 2.23. The first-order valence-electron chi connectivity index (χ1n) is 4.41. The van der Waals surface area contributed by atoms with Gasteiger partial charge in [0.15, 0.2) is 0 Å². The second-order valence-corrected chi connectivity index (χ2v) is 3.07. The topological polar surface area (TPSA) is 50.4 Å². The van der Waals surface area contributed by atoms with Crippen molar-refractivity contribution in [3.63, 3.8) is 0 Å². The Morgan fingerprint density at radius 3 is 2.85 bits per heavy atom. The van der Waals surface area contributed by atoms with Crippen LogP contribution in [0.5, 0.6) is 0 Å². The minimum atomic E-state index is -0.817. The van der Waals surface area contributed by atoms with E-state index in [4.69, 9.17) is 4.42 Å². The molecule has 0 amide bonds. The first-order chi connectivity index (χ1) is 6.16. The summed E-state index contributed by atoms with van der Waals surface area (Å²) in [4.78, 5) is 11.2. The Morgan fingerprint density at radius 2 is 2.38 bits per heavy atom. The van der Waals surface area contributed by atoms with Crippen molar-refractivity contribution in [2.45, 2.75) is 26.4 Å². The minimum Gasteiger partial charge on any atom is -0.467 e. The van der Waals surface area contributed by atoms with Crippen LogP contribution in [0.15, 0.2) is 22.8 Å². The van der Waals surface area contributed by atoms with Gasteiger partial charge in [0.1, 0.15) is 17.6 Å². The van der Waals surface area contributed by atoms with Gasteiger partial charge in [0, 0.05) is 12.3 Å². The molecule has 0 aliphatic rings. The summed E-state index contributed by atoms with van der Waals surface area (Å²) in [5.41, 5.74) is 0. The molecule has 72 valence electrons. The zero-order valence-corrected chi connectivity index (χ0v) is 7.86. The number of carbonyl (C=O) groups is 1. The maximum Gasteiger partial charge on any atom is 0.138 e. The summed E-state index contributed by atoms with van der Waals surface area (Å²) >= 11 is 0. The van der Waals surface area contributed by atoms with E-state index in [-0.39, 0.29) is 5.78 Å². The number of hydrogen-bond donors (Lipinski definition) is 1. The molecule has 0 aliphatic carbocycles. The lowest BCUT2D eigenvalue weighted by Gasteiger charge is -2.14. The van der Waals surface area contributed by atoms with Crippen molar-refractivity contribution in [3.05, 3.63) is 24.2 Å². The standard InChI is InChI=1S/C10H14O3/c1-3-8(11)7(2)10(12)9-5-4-6-13-9/h4-7,10,12H,3H2,1-2H3/t7-,10+/m1/s1. The van der Waals surface area contributed by atoms with Crippen molar-refractivity contribution < 1.29 is 14.3 Å². The van der Waals surface area contributed by atoms with E-state index in [2.05, 4.69) is 0 Å². The van der Waals surface area contributed by atoms with E-state index in [9.17, 15) is 9.90 Å². The number of ketones is 1. The van der Waals surface area contributed by atoms with Crippen LogP contribution >= 0.6 is 0 Å². The van der Waals surface area contributed by atoms with Gasteiger partial charge in [-0.05, 0) is 12.1 Å². The average Bonchev–Trinajstić information content (AvgIpc) is 2.67. The number of hydrogen-bond acceptors (Lipinski definition) is 3. The van der Waals surface area contributed by atoms with Gasteiger partial charge >= 0.3 is 0 Å². The Labute approximate surface area is 77.4 Å². The zero-order valence-electron chi connectivity index (χ0n) is 7.86. The van der Waals surface area contributed by atoms with E-state index in [0.717, 1.165) is 0 Å². The number of Topliss-reactive ketones (excluding diaryl/α,β-unsaturated/α-hetero) is 1. The molecule has 0 unspecified atom stereocenters. The van der Waals surface area contributed by atoms with Gasteiger partial charge in [-0.15, -0.1) is 0 Å². The summed E-state index contributed by atoms with van der Waals surface area (Å²) in [7, 11) is 0. The van der Waals surface area contributed by atoms with Gasteiger partial charge in [0.25, 0.3) is 0 Å². The molecule has 0 saturated carbocycles. The second-order valence-electron chi connectivity index (χ2n) is 3.07. The number of carbonyl (C=O) groups excluding carboxylic acids is 1. The predicted molar refractivity (Wildman–Crippen MR) is 48.1 cm³/mol. The van der Waals surface area contributed by atoms with Crippen molar-refractivity contribution in [1.29, 1.82) is 0 Å². The van der Waals surface area contributed by atoms with Crippen LogP contribution in [0.2, 0.25) is 0 Å². The van der Waals surface area contributed by atoms with Crippen molar-refractivity contribution in [1.82, 2.24) is 0 Å². The van der Waals surface area contributed by atoms with Crippen LogP contribution in [0.4, 0.5) is 0 Å². The molecule has 13 heavy (non-hydrogen) atoms. The fraction of sp³-hybridized carbons (Fsp3) is 0.500. The molecule has 3 heteroatoms. The van der Waals surface area contributed by atoms with Gasteiger partial charge in [-0.1, -0.05) is 13.8 Å². The van der Waals surface area contributed by atoms with Crippen molar-refractivity contribution in [3.8, 4) is 0 Å². The lowest BCUT2D eigenvalue weighted by atomic mass is 9.96. The third-order valence-electron chi connectivity index (χ3n) is 2.16. The number of furan rings is 1. The van der Waals surface area contributed by atoms with Crippen LogP contribution in [-0.4, -0.2) is 10.9 Å². The SMILES string of the molecule is CCC(=O)[C@@H](C)[C@H](O)c1ccco1. The summed E-state index contributed by atoms with van der Waals surface area (Å²) in [6.45, 7) is 3.49. The molecule has 1 N–H and O–H groups in total. The molecule has 2 atom stereocenters. The summed E-state index contributed by atoms with van der Waals surface area (Å²) in [6.07, 6.45) is 1.11. The van der Waals surface area contributed by atoms with E-state index >= 15 is 0 Å². The lowest BCUT2D eigenvalue weighted by Crippen LogP contribution is -2.17. The normalized spacial score (nSPS) is 15.3. The molecule has 0 saturated heterocycles. The highest BCUT2D eigenvalue weighted by atomic mass is 16.4. The van der Waals surface area contributed by atoms with Gasteiger partial charge < -0.3 is 9.52 Å². The first kappa shape index (κ1) is 9.99. The Hall–Kier alpha value is -1.09. The van der Waals surface area contributed by atoms with Gasteiger partial charge in [-0.2, -0.15) is 0 Å². The molecule has 0 radical (unpaired) electrons. The average molecular weight is 182 g/mol. The third-order valence-corrected chi connectivity index (χ3v) is 2.16. The van der Waals surface area contributed by atoms with E-state index < -0.39 is 12.0 Å². The smallest absolute Gasteiger partial charge is 0.138 e. The molecule has 0 aromatic carbocycles. The van der Waals surface area contributed by atoms with Crippen LogP contribution in [0.3, 0.4) is 0 Å². The highest BCUT2D eigenvalue weighted by Crippen LogP contribution is 2.23. The fourth-order valence-electron chi connectivity index (χ4n) is 1.20.